The molecule has 1 fully saturated rings. The highest BCUT2D eigenvalue weighted by Gasteiger charge is 2.20. The van der Waals surface area contributed by atoms with Gasteiger partial charge in [0.05, 0.1) is 11.9 Å². The number of amides is 1. The summed E-state index contributed by atoms with van der Waals surface area (Å²) in [5.41, 5.74) is 2.76. The second kappa shape index (κ2) is 10.5. The zero-order valence-electron chi connectivity index (χ0n) is 17.7. The van der Waals surface area contributed by atoms with Gasteiger partial charge in [-0.15, -0.1) is 11.3 Å². The number of likely N-dealkylation sites (tertiary alicyclic amines) is 1. The fourth-order valence-electron chi connectivity index (χ4n) is 3.52. The Morgan fingerprint density at radius 2 is 2.06 bits per heavy atom. The molecular formula is C23H27N5O2S. The minimum Gasteiger partial charge on any atom is -0.483 e. The van der Waals surface area contributed by atoms with Gasteiger partial charge in [0, 0.05) is 49.5 Å². The molecule has 8 heteroatoms. The van der Waals surface area contributed by atoms with E-state index in [4.69, 9.17) is 4.74 Å². The van der Waals surface area contributed by atoms with Gasteiger partial charge in [0.1, 0.15) is 16.5 Å². The van der Waals surface area contributed by atoms with Crippen molar-refractivity contribution in [3.63, 3.8) is 0 Å². The molecule has 31 heavy (non-hydrogen) atoms. The molecule has 0 bridgehead atoms. The molecule has 0 unspecified atom stereocenters. The van der Waals surface area contributed by atoms with Crippen LogP contribution < -0.4 is 10.1 Å². The number of aromatic nitrogens is 3. The summed E-state index contributed by atoms with van der Waals surface area (Å²) in [5, 5.41) is 6.30. The van der Waals surface area contributed by atoms with Crippen molar-refractivity contribution in [3.8, 4) is 16.5 Å². The average molecular weight is 438 g/mol. The number of benzene rings is 1. The van der Waals surface area contributed by atoms with Gasteiger partial charge in [-0.1, -0.05) is 25.1 Å². The van der Waals surface area contributed by atoms with Crippen LogP contribution in [0.25, 0.3) is 10.7 Å². The summed E-state index contributed by atoms with van der Waals surface area (Å²) in [6.07, 6.45) is 7.18. The third kappa shape index (κ3) is 5.86. The highest BCUT2D eigenvalue weighted by Crippen LogP contribution is 2.22. The van der Waals surface area contributed by atoms with E-state index in [0.29, 0.717) is 19.0 Å². The molecule has 0 aliphatic carbocycles. The molecule has 4 rings (SSSR count). The molecule has 0 radical (unpaired) electrons. The Bertz CT molecular complexity index is 986. The number of nitrogens with zero attached hydrogens (tertiary/aromatic N) is 4. The fourth-order valence-corrected chi connectivity index (χ4v) is 4.30. The molecule has 0 atom stereocenters. The number of rotatable bonds is 8. The maximum Gasteiger partial charge on any atom is 0.260 e. The molecule has 2 aromatic heterocycles. The first kappa shape index (κ1) is 21.4. The first-order valence-electron chi connectivity index (χ1n) is 10.6. The van der Waals surface area contributed by atoms with E-state index in [2.05, 4.69) is 27.2 Å². The Labute approximate surface area is 186 Å². The van der Waals surface area contributed by atoms with E-state index >= 15 is 0 Å². The molecule has 1 aliphatic heterocycles. The van der Waals surface area contributed by atoms with Gasteiger partial charge in [0.15, 0.2) is 6.61 Å². The SMILES string of the molecule is CC1CCN(C(=O)COc2ccccc2CNCc2csc(-c3cnccn3)n2)CC1. The predicted octanol–water partition coefficient (Wildman–Crippen LogP) is 3.53. The van der Waals surface area contributed by atoms with Gasteiger partial charge in [-0.05, 0) is 24.8 Å². The highest BCUT2D eigenvalue weighted by molar-refractivity contribution is 7.13. The van der Waals surface area contributed by atoms with Crippen molar-refractivity contribution >= 4 is 17.2 Å². The molecule has 1 amide bonds. The maximum absolute atomic E-state index is 12.5. The molecule has 7 nitrogen and oxygen atoms in total. The first-order valence-corrected chi connectivity index (χ1v) is 11.5. The summed E-state index contributed by atoms with van der Waals surface area (Å²) in [6.45, 7) is 5.25. The number of nitrogens with one attached hydrogen (secondary N) is 1. The van der Waals surface area contributed by atoms with Crippen LogP contribution in [0.15, 0.2) is 48.2 Å². The van der Waals surface area contributed by atoms with Crippen molar-refractivity contribution in [3.05, 3.63) is 59.5 Å². The Kier molecular flexibility index (Phi) is 7.22. The van der Waals surface area contributed by atoms with E-state index in [-0.39, 0.29) is 12.5 Å². The molecule has 162 valence electrons. The largest absolute Gasteiger partial charge is 0.483 e. The van der Waals surface area contributed by atoms with Crippen LogP contribution in [0.5, 0.6) is 5.75 Å². The first-order chi connectivity index (χ1) is 15.2. The summed E-state index contributed by atoms with van der Waals surface area (Å²) >= 11 is 1.56. The van der Waals surface area contributed by atoms with Crippen LogP contribution in [0.1, 0.15) is 31.0 Å². The molecule has 1 saturated heterocycles. The number of para-hydroxylation sites is 1. The average Bonchev–Trinajstić information content (AvgIpc) is 3.28. The van der Waals surface area contributed by atoms with E-state index in [9.17, 15) is 4.79 Å². The van der Waals surface area contributed by atoms with Crippen LogP contribution in [0.4, 0.5) is 0 Å². The lowest BCUT2D eigenvalue weighted by Crippen LogP contribution is -2.40. The Morgan fingerprint density at radius 3 is 2.87 bits per heavy atom. The predicted molar refractivity (Wildman–Crippen MR) is 121 cm³/mol. The van der Waals surface area contributed by atoms with Crippen molar-refractivity contribution in [2.45, 2.75) is 32.9 Å². The molecule has 3 aromatic rings. The molecule has 0 spiro atoms. The zero-order valence-corrected chi connectivity index (χ0v) is 18.5. The minimum atomic E-state index is 0.0636. The van der Waals surface area contributed by atoms with E-state index in [1.165, 1.54) is 0 Å². The lowest BCUT2D eigenvalue weighted by atomic mass is 9.99. The van der Waals surface area contributed by atoms with Crippen LogP contribution >= 0.6 is 11.3 Å². The van der Waals surface area contributed by atoms with Crippen molar-refractivity contribution in [1.29, 1.82) is 0 Å². The van der Waals surface area contributed by atoms with Crippen molar-refractivity contribution in [2.24, 2.45) is 5.92 Å². The van der Waals surface area contributed by atoms with Gasteiger partial charge in [-0.25, -0.2) is 4.98 Å². The maximum atomic E-state index is 12.5. The van der Waals surface area contributed by atoms with Crippen molar-refractivity contribution in [2.75, 3.05) is 19.7 Å². The number of hydrogen-bond acceptors (Lipinski definition) is 7. The van der Waals surface area contributed by atoms with Gasteiger partial charge >= 0.3 is 0 Å². The molecule has 1 aliphatic rings. The molecular weight excluding hydrogens is 410 g/mol. The zero-order chi connectivity index (χ0) is 21.5. The summed E-state index contributed by atoms with van der Waals surface area (Å²) < 4.78 is 5.88. The van der Waals surface area contributed by atoms with Gasteiger partial charge in [-0.3, -0.25) is 14.8 Å². The van der Waals surface area contributed by atoms with Gasteiger partial charge < -0.3 is 15.0 Å². The minimum absolute atomic E-state index is 0.0636. The van der Waals surface area contributed by atoms with Crippen LogP contribution in [-0.4, -0.2) is 45.5 Å². The molecule has 1 N–H and O–H groups in total. The number of ether oxygens (including phenoxy) is 1. The summed E-state index contributed by atoms with van der Waals surface area (Å²) in [4.78, 5) is 27.4. The lowest BCUT2D eigenvalue weighted by Gasteiger charge is -2.30. The van der Waals surface area contributed by atoms with E-state index in [1.54, 1.807) is 29.9 Å². The van der Waals surface area contributed by atoms with Gasteiger partial charge in [-0.2, -0.15) is 0 Å². The summed E-state index contributed by atoms with van der Waals surface area (Å²) in [5.74, 6) is 1.51. The second-order valence-electron chi connectivity index (χ2n) is 7.80. The van der Waals surface area contributed by atoms with Crippen LogP contribution in [0.2, 0.25) is 0 Å². The number of carbonyl (C=O) groups excluding carboxylic acids is 1. The van der Waals surface area contributed by atoms with Crippen LogP contribution in [0.3, 0.4) is 0 Å². The van der Waals surface area contributed by atoms with Crippen molar-refractivity contribution in [1.82, 2.24) is 25.2 Å². The molecule has 0 saturated carbocycles. The molecule has 3 heterocycles. The highest BCUT2D eigenvalue weighted by atomic mass is 32.1. The summed E-state index contributed by atoms with van der Waals surface area (Å²) in [7, 11) is 0. The third-order valence-corrected chi connectivity index (χ3v) is 6.33. The number of carbonyl (C=O) groups is 1. The number of hydrogen-bond donors (Lipinski definition) is 1. The Hall–Kier alpha value is -2.84. The second-order valence-corrected chi connectivity index (χ2v) is 8.66. The summed E-state index contributed by atoms with van der Waals surface area (Å²) in [6, 6.07) is 7.84. The smallest absolute Gasteiger partial charge is 0.260 e. The van der Waals surface area contributed by atoms with E-state index in [0.717, 1.165) is 53.6 Å². The van der Waals surface area contributed by atoms with E-state index < -0.39 is 0 Å². The Morgan fingerprint density at radius 1 is 1.23 bits per heavy atom. The third-order valence-electron chi connectivity index (χ3n) is 5.42. The number of piperidine rings is 1. The normalized spacial score (nSPS) is 14.5. The fraction of sp³-hybridized carbons (Fsp3) is 0.391. The van der Waals surface area contributed by atoms with Crippen LogP contribution in [0, 0.1) is 5.92 Å². The topological polar surface area (TPSA) is 80.2 Å². The van der Waals surface area contributed by atoms with Gasteiger partial charge in [0.2, 0.25) is 0 Å². The molecule has 1 aromatic carbocycles. The monoisotopic (exact) mass is 437 g/mol. The van der Waals surface area contributed by atoms with Crippen LogP contribution in [-0.2, 0) is 17.9 Å². The van der Waals surface area contributed by atoms with E-state index in [1.807, 2.05) is 34.5 Å². The van der Waals surface area contributed by atoms with Gasteiger partial charge in [0.25, 0.3) is 5.91 Å². The van der Waals surface area contributed by atoms with Crippen molar-refractivity contribution < 1.29 is 9.53 Å². The Balaban J connectivity index is 1.28. The lowest BCUT2D eigenvalue weighted by molar-refractivity contribution is -0.134. The standard InChI is InChI=1S/C23H27N5O2S/c1-17-6-10-28(11-7-17)22(29)15-30-21-5-3-2-4-18(21)12-25-13-19-16-31-23(27-19)20-14-24-8-9-26-20/h2-5,8-9,14,16-17,25H,6-7,10-13,15H2,1H3. The quantitative estimate of drug-likeness (QED) is 0.581. The number of thiazole rings is 1.